The van der Waals surface area contributed by atoms with E-state index in [0.29, 0.717) is 16.5 Å². The quantitative estimate of drug-likeness (QED) is 0.660. The van der Waals surface area contributed by atoms with E-state index in [9.17, 15) is 14.4 Å². The summed E-state index contributed by atoms with van der Waals surface area (Å²) in [6, 6.07) is 11.1. The number of benzene rings is 2. The number of likely N-dealkylation sites (N-methyl/N-ethyl adjacent to an activating group) is 1. The van der Waals surface area contributed by atoms with Gasteiger partial charge in [0.15, 0.2) is 13.2 Å². The summed E-state index contributed by atoms with van der Waals surface area (Å²) in [5, 5.41) is 2.99. The van der Waals surface area contributed by atoms with E-state index in [1.54, 1.807) is 44.4 Å². The van der Waals surface area contributed by atoms with Crippen LogP contribution in [0.25, 0.3) is 0 Å². The first-order valence-electron chi connectivity index (χ1n) is 8.54. The minimum atomic E-state index is -0.724. The van der Waals surface area contributed by atoms with Gasteiger partial charge in [-0.25, -0.2) is 4.79 Å². The highest BCUT2D eigenvalue weighted by Gasteiger charge is 2.17. The maximum Gasteiger partial charge on any atom is 0.342 e. The molecule has 2 rings (SSSR count). The van der Waals surface area contributed by atoms with E-state index < -0.39 is 11.9 Å². The Bertz CT molecular complexity index is 900. The van der Waals surface area contributed by atoms with Crippen molar-refractivity contribution in [2.75, 3.05) is 39.7 Å². The monoisotopic (exact) mass is 420 g/mol. The van der Waals surface area contributed by atoms with Crippen LogP contribution in [-0.2, 0) is 14.3 Å². The maximum absolute atomic E-state index is 12.2. The molecule has 2 aromatic carbocycles. The minimum Gasteiger partial charge on any atom is -0.495 e. The Balaban J connectivity index is 1.96. The normalized spacial score (nSPS) is 10.1. The number of amides is 2. The van der Waals surface area contributed by atoms with Gasteiger partial charge in [-0.3, -0.25) is 9.59 Å². The van der Waals surface area contributed by atoms with E-state index in [-0.39, 0.29) is 30.4 Å². The Labute approximate surface area is 173 Å². The molecule has 2 aromatic rings. The number of rotatable bonds is 8. The van der Waals surface area contributed by atoms with Crippen molar-refractivity contribution in [3.63, 3.8) is 0 Å². The largest absolute Gasteiger partial charge is 0.495 e. The van der Waals surface area contributed by atoms with Crippen molar-refractivity contribution < 1.29 is 28.6 Å². The molecule has 0 unspecified atom stereocenters. The van der Waals surface area contributed by atoms with Gasteiger partial charge in [0.25, 0.3) is 11.8 Å². The van der Waals surface area contributed by atoms with E-state index in [0.717, 1.165) is 0 Å². The van der Waals surface area contributed by atoms with Gasteiger partial charge in [-0.05, 0) is 30.3 Å². The second-order valence-corrected chi connectivity index (χ2v) is 6.45. The Kier molecular flexibility index (Phi) is 7.85. The Hall–Kier alpha value is -3.26. The third-order valence-corrected chi connectivity index (χ3v) is 4.02. The lowest BCUT2D eigenvalue weighted by Crippen LogP contribution is -2.27. The van der Waals surface area contributed by atoms with Gasteiger partial charge in [-0.2, -0.15) is 0 Å². The molecule has 0 fully saturated rings. The zero-order valence-electron chi connectivity index (χ0n) is 16.2. The fourth-order valence-corrected chi connectivity index (χ4v) is 2.44. The number of ether oxygens (including phenoxy) is 3. The van der Waals surface area contributed by atoms with Crippen molar-refractivity contribution in [1.29, 1.82) is 0 Å². The fourth-order valence-electron chi connectivity index (χ4n) is 2.18. The average Bonchev–Trinajstić information content (AvgIpc) is 2.70. The molecule has 0 heterocycles. The van der Waals surface area contributed by atoms with Gasteiger partial charge in [0, 0.05) is 19.8 Å². The molecule has 0 aliphatic rings. The number of nitrogens with zero attached hydrogens (tertiary/aromatic N) is 1. The molecule has 0 aliphatic carbocycles. The molecule has 8 nitrogen and oxygen atoms in total. The molecule has 0 aliphatic heterocycles. The number of carbonyl (C=O) groups is 3. The molecule has 154 valence electrons. The molecular formula is C20H21ClN2O6. The molecule has 0 radical (unpaired) electrons. The van der Waals surface area contributed by atoms with Crippen LogP contribution in [0.3, 0.4) is 0 Å². The molecular weight excluding hydrogens is 400 g/mol. The van der Waals surface area contributed by atoms with Gasteiger partial charge in [0.1, 0.15) is 17.1 Å². The van der Waals surface area contributed by atoms with Gasteiger partial charge in [-0.1, -0.05) is 23.7 Å². The summed E-state index contributed by atoms with van der Waals surface area (Å²) in [6.45, 7) is -0.733. The molecule has 0 aromatic heterocycles. The van der Waals surface area contributed by atoms with Crippen LogP contribution in [0.2, 0.25) is 5.02 Å². The molecule has 1 N–H and O–H groups in total. The number of carbonyl (C=O) groups excluding carboxylic acids is 3. The van der Waals surface area contributed by atoms with Crippen LogP contribution in [0.5, 0.6) is 11.5 Å². The molecule has 2 amide bonds. The van der Waals surface area contributed by atoms with Crippen molar-refractivity contribution in [1.82, 2.24) is 4.90 Å². The number of esters is 1. The molecule has 0 spiro atoms. The lowest BCUT2D eigenvalue weighted by molar-refractivity contribution is -0.131. The summed E-state index contributed by atoms with van der Waals surface area (Å²) in [4.78, 5) is 37.2. The van der Waals surface area contributed by atoms with Gasteiger partial charge < -0.3 is 24.4 Å². The van der Waals surface area contributed by atoms with Crippen LogP contribution in [-0.4, -0.2) is 57.1 Å². The van der Waals surface area contributed by atoms with Crippen LogP contribution in [0.1, 0.15) is 10.4 Å². The molecule has 9 heteroatoms. The lowest BCUT2D eigenvalue weighted by Gasteiger charge is -2.13. The highest BCUT2D eigenvalue weighted by Crippen LogP contribution is 2.27. The third-order valence-electron chi connectivity index (χ3n) is 3.73. The zero-order valence-corrected chi connectivity index (χ0v) is 17.0. The van der Waals surface area contributed by atoms with Gasteiger partial charge in [-0.15, -0.1) is 0 Å². The first-order valence-corrected chi connectivity index (χ1v) is 8.92. The zero-order chi connectivity index (χ0) is 21.4. The van der Waals surface area contributed by atoms with E-state index in [1.807, 2.05) is 0 Å². The van der Waals surface area contributed by atoms with Crippen LogP contribution in [0, 0.1) is 0 Å². The third kappa shape index (κ3) is 6.39. The van der Waals surface area contributed by atoms with E-state index in [1.165, 1.54) is 24.1 Å². The predicted octanol–water partition coefficient (Wildman–Crippen LogP) is 2.61. The Morgan fingerprint density at radius 2 is 1.76 bits per heavy atom. The topological polar surface area (TPSA) is 94.2 Å². The van der Waals surface area contributed by atoms with Crippen molar-refractivity contribution in [3.05, 3.63) is 53.1 Å². The summed E-state index contributed by atoms with van der Waals surface area (Å²) in [5.74, 6) is -0.872. The minimum absolute atomic E-state index is 0.111. The van der Waals surface area contributed by atoms with Crippen LogP contribution < -0.4 is 14.8 Å². The lowest BCUT2D eigenvalue weighted by atomic mass is 10.2. The van der Waals surface area contributed by atoms with Crippen molar-refractivity contribution >= 4 is 35.1 Å². The summed E-state index contributed by atoms with van der Waals surface area (Å²) in [7, 11) is 4.61. The van der Waals surface area contributed by atoms with E-state index in [2.05, 4.69) is 5.32 Å². The SMILES string of the molecule is COc1ccc(NC(=O)COc2ccccc2C(=O)OCC(=O)N(C)C)cc1Cl. The van der Waals surface area contributed by atoms with Gasteiger partial charge in [0.05, 0.1) is 12.1 Å². The van der Waals surface area contributed by atoms with Gasteiger partial charge in [0.2, 0.25) is 0 Å². The maximum atomic E-state index is 12.2. The summed E-state index contributed by atoms with van der Waals surface area (Å²) < 4.78 is 15.5. The summed E-state index contributed by atoms with van der Waals surface area (Å²) in [6.07, 6.45) is 0. The van der Waals surface area contributed by atoms with E-state index >= 15 is 0 Å². The van der Waals surface area contributed by atoms with Crippen molar-refractivity contribution in [2.24, 2.45) is 0 Å². The number of halogens is 1. The first kappa shape index (κ1) is 22.0. The second kappa shape index (κ2) is 10.3. The number of hydrogen-bond acceptors (Lipinski definition) is 6. The summed E-state index contributed by atoms with van der Waals surface area (Å²) in [5.41, 5.74) is 0.582. The highest BCUT2D eigenvalue weighted by molar-refractivity contribution is 6.32. The van der Waals surface area contributed by atoms with Gasteiger partial charge >= 0.3 is 5.97 Å². The molecule has 0 saturated carbocycles. The van der Waals surface area contributed by atoms with Crippen molar-refractivity contribution in [2.45, 2.75) is 0 Å². The standard InChI is InChI=1S/C20H21ClN2O6/c1-23(2)19(25)12-29-20(26)14-6-4-5-7-16(14)28-11-18(24)22-13-8-9-17(27-3)15(21)10-13/h4-10H,11-12H2,1-3H3,(H,22,24). The first-order chi connectivity index (χ1) is 13.8. The number of hydrogen-bond donors (Lipinski definition) is 1. The number of para-hydroxylation sites is 1. The smallest absolute Gasteiger partial charge is 0.342 e. The molecule has 0 saturated heterocycles. The summed E-state index contributed by atoms with van der Waals surface area (Å²) >= 11 is 6.03. The molecule has 29 heavy (non-hydrogen) atoms. The molecule has 0 atom stereocenters. The van der Waals surface area contributed by atoms with E-state index in [4.69, 9.17) is 25.8 Å². The Morgan fingerprint density at radius 3 is 2.41 bits per heavy atom. The predicted molar refractivity (Wildman–Crippen MR) is 108 cm³/mol. The average molecular weight is 421 g/mol. The van der Waals surface area contributed by atoms with Crippen LogP contribution in [0.4, 0.5) is 5.69 Å². The van der Waals surface area contributed by atoms with Crippen LogP contribution in [0.15, 0.2) is 42.5 Å². The molecule has 0 bridgehead atoms. The van der Waals surface area contributed by atoms with Crippen molar-refractivity contribution in [3.8, 4) is 11.5 Å². The highest BCUT2D eigenvalue weighted by atomic mass is 35.5. The number of nitrogens with one attached hydrogen (secondary N) is 1. The Morgan fingerprint density at radius 1 is 1.03 bits per heavy atom. The number of anilines is 1. The second-order valence-electron chi connectivity index (χ2n) is 6.05. The fraction of sp³-hybridized carbons (Fsp3) is 0.250. The number of methoxy groups -OCH3 is 1. The van der Waals surface area contributed by atoms with Crippen LogP contribution >= 0.6 is 11.6 Å².